The van der Waals surface area contributed by atoms with Gasteiger partial charge >= 0.3 is 0 Å². The third kappa shape index (κ3) is 6.64. The summed E-state index contributed by atoms with van der Waals surface area (Å²) in [5.74, 6) is 2.92. The third-order valence-corrected chi connectivity index (χ3v) is 4.79. The maximum atomic E-state index is 5.65. The molecular formula is C22H30N4O3. The van der Waals surface area contributed by atoms with Crippen molar-refractivity contribution in [2.24, 2.45) is 10.9 Å². The molecule has 7 nitrogen and oxygen atoms in total. The van der Waals surface area contributed by atoms with Gasteiger partial charge < -0.3 is 24.4 Å². The number of methoxy groups -OCH3 is 1. The van der Waals surface area contributed by atoms with Crippen LogP contribution in [0.15, 0.2) is 53.7 Å². The van der Waals surface area contributed by atoms with Gasteiger partial charge in [-0.15, -0.1) is 0 Å². The predicted molar refractivity (Wildman–Crippen MR) is 113 cm³/mol. The second-order valence-electron chi connectivity index (χ2n) is 6.97. The van der Waals surface area contributed by atoms with Crippen molar-refractivity contribution in [2.45, 2.75) is 13.0 Å². The van der Waals surface area contributed by atoms with Crippen molar-refractivity contribution in [2.75, 3.05) is 47.1 Å². The van der Waals surface area contributed by atoms with E-state index in [9.17, 15) is 0 Å². The lowest BCUT2D eigenvalue weighted by Crippen LogP contribution is -2.39. The highest BCUT2D eigenvalue weighted by molar-refractivity contribution is 5.80. The van der Waals surface area contributed by atoms with Crippen molar-refractivity contribution >= 4 is 5.96 Å². The van der Waals surface area contributed by atoms with E-state index in [1.807, 2.05) is 55.7 Å². The molecule has 1 fully saturated rings. The van der Waals surface area contributed by atoms with E-state index in [1.165, 1.54) is 0 Å². The molecule has 2 aromatic rings. The molecule has 1 unspecified atom stereocenters. The van der Waals surface area contributed by atoms with Crippen molar-refractivity contribution in [3.8, 4) is 11.6 Å². The van der Waals surface area contributed by atoms with E-state index in [2.05, 4.69) is 20.2 Å². The zero-order valence-electron chi connectivity index (χ0n) is 17.2. The molecule has 2 heterocycles. The summed E-state index contributed by atoms with van der Waals surface area (Å²) in [6.45, 7) is 4.38. The van der Waals surface area contributed by atoms with E-state index in [1.54, 1.807) is 7.11 Å². The molecular weight excluding hydrogens is 368 g/mol. The molecule has 156 valence electrons. The number of hydrogen-bond donors (Lipinski definition) is 1. The fourth-order valence-electron chi connectivity index (χ4n) is 3.33. The molecule has 0 bridgehead atoms. The number of para-hydroxylation sites is 1. The van der Waals surface area contributed by atoms with Gasteiger partial charge in [-0.2, -0.15) is 0 Å². The number of pyridine rings is 1. The monoisotopic (exact) mass is 398 g/mol. The van der Waals surface area contributed by atoms with Gasteiger partial charge in [0, 0.05) is 52.0 Å². The summed E-state index contributed by atoms with van der Waals surface area (Å²) in [6.07, 6.45) is 2.96. The highest BCUT2D eigenvalue weighted by Crippen LogP contribution is 2.16. The summed E-state index contributed by atoms with van der Waals surface area (Å²) in [5.41, 5.74) is 1.08. The van der Waals surface area contributed by atoms with Crippen LogP contribution in [0.5, 0.6) is 11.6 Å². The van der Waals surface area contributed by atoms with Crippen LogP contribution in [0, 0.1) is 5.92 Å². The Balaban J connectivity index is 1.38. The number of benzene rings is 1. The summed E-state index contributed by atoms with van der Waals surface area (Å²) in [7, 11) is 3.57. The molecule has 0 amide bonds. The van der Waals surface area contributed by atoms with Crippen molar-refractivity contribution in [3.05, 3.63) is 54.2 Å². The number of rotatable bonds is 9. The van der Waals surface area contributed by atoms with Crippen molar-refractivity contribution in [3.63, 3.8) is 0 Å². The molecule has 1 atom stereocenters. The smallest absolute Gasteiger partial charge is 0.213 e. The first kappa shape index (κ1) is 20.9. The molecule has 0 aliphatic carbocycles. The number of nitrogens with one attached hydrogen (secondary N) is 1. The van der Waals surface area contributed by atoms with Crippen LogP contribution in [0.2, 0.25) is 0 Å². The first-order chi connectivity index (χ1) is 14.3. The van der Waals surface area contributed by atoms with Gasteiger partial charge in [-0.05, 0) is 24.1 Å². The number of aromatic nitrogens is 1. The van der Waals surface area contributed by atoms with Gasteiger partial charge in [-0.1, -0.05) is 24.3 Å². The molecule has 1 aliphatic heterocycles. The fourth-order valence-corrected chi connectivity index (χ4v) is 3.33. The highest BCUT2D eigenvalue weighted by Gasteiger charge is 2.24. The normalized spacial score (nSPS) is 16.7. The lowest BCUT2D eigenvalue weighted by atomic mass is 10.1. The molecule has 0 radical (unpaired) electrons. The lowest BCUT2D eigenvalue weighted by molar-refractivity contribution is 0.157. The number of aliphatic imine (C=N–C) groups is 1. The van der Waals surface area contributed by atoms with Crippen LogP contribution < -0.4 is 14.8 Å². The average Bonchev–Trinajstić information content (AvgIpc) is 3.22. The molecule has 29 heavy (non-hydrogen) atoms. The van der Waals surface area contributed by atoms with Crippen LogP contribution >= 0.6 is 0 Å². The van der Waals surface area contributed by atoms with E-state index in [4.69, 9.17) is 14.2 Å². The number of nitrogens with zero attached hydrogens (tertiary/aromatic N) is 3. The molecule has 3 rings (SSSR count). The second kappa shape index (κ2) is 11.3. The molecule has 7 heteroatoms. The van der Waals surface area contributed by atoms with E-state index in [0.717, 1.165) is 43.4 Å². The number of hydrogen-bond acceptors (Lipinski definition) is 5. The maximum Gasteiger partial charge on any atom is 0.213 e. The minimum Gasteiger partial charge on any atom is -0.490 e. The predicted octanol–water partition coefficient (Wildman–Crippen LogP) is 2.58. The van der Waals surface area contributed by atoms with Gasteiger partial charge in [0.15, 0.2) is 5.96 Å². The Morgan fingerprint density at radius 1 is 1.17 bits per heavy atom. The number of guanidine groups is 1. The zero-order chi connectivity index (χ0) is 20.3. The van der Waals surface area contributed by atoms with Crippen LogP contribution in [-0.4, -0.2) is 62.9 Å². The first-order valence-corrected chi connectivity index (χ1v) is 9.98. The Kier molecular flexibility index (Phi) is 8.12. The van der Waals surface area contributed by atoms with Gasteiger partial charge in [-0.25, -0.2) is 4.98 Å². The summed E-state index contributed by atoms with van der Waals surface area (Å²) in [5, 5.41) is 3.41. The Morgan fingerprint density at radius 2 is 2.00 bits per heavy atom. The lowest BCUT2D eigenvalue weighted by Gasteiger charge is -2.21. The van der Waals surface area contributed by atoms with Crippen LogP contribution in [-0.2, 0) is 11.3 Å². The van der Waals surface area contributed by atoms with Gasteiger partial charge in [0.2, 0.25) is 5.88 Å². The second-order valence-corrected chi connectivity index (χ2v) is 6.97. The third-order valence-electron chi connectivity index (χ3n) is 4.79. The van der Waals surface area contributed by atoms with E-state index < -0.39 is 0 Å². The zero-order valence-corrected chi connectivity index (χ0v) is 17.2. The van der Waals surface area contributed by atoms with Gasteiger partial charge in [0.1, 0.15) is 19.0 Å². The summed E-state index contributed by atoms with van der Waals surface area (Å²) in [4.78, 5) is 11.1. The largest absolute Gasteiger partial charge is 0.490 e. The van der Waals surface area contributed by atoms with Gasteiger partial charge in [-0.3, -0.25) is 4.99 Å². The van der Waals surface area contributed by atoms with Crippen molar-refractivity contribution in [1.82, 2.24) is 15.2 Å². The molecule has 1 aromatic carbocycles. The average molecular weight is 399 g/mol. The number of ether oxygens (including phenoxy) is 3. The quantitative estimate of drug-likeness (QED) is 0.398. The standard InChI is InChI=1S/C22H30N4O3/c1-23-22(26-11-10-19(16-26)17-27-2)25-15-18-8-9-21(24-14-18)29-13-12-28-20-6-4-3-5-7-20/h3-9,14,19H,10-13,15-17H2,1-2H3,(H,23,25). The van der Waals surface area contributed by atoms with E-state index in [0.29, 0.717) is 31.6 Å². The van der Waals surface area contributed by atoms with Crippen LogP contribution in [0.4, 0.5) is 0 Å². The maximum absolute atomic E-state index is 5.65. The SMILES string of the molecule is CN=C(NCc1ccc(OCCOc2ccccc2)nc1)N1CCC(COC)C1. The van der Waals surface area contributed by atoms with E-state index in [-0.39, 0.29) is 0 Å². The Hall–Kier alpha value is -2.80. The molecule has 1 aliphatic rings. The number of likely N-dealkylation sites (tertiary alicyclic amines) is 1. The molecule has 0 saturated carbocycles. The molecule has 0 spiro atoms. The summed E-state index contributed by atoms with van der Waals surface area (Å²) < 4.78 is 16.5. The first-order valence-electron chi connectivity index (χ1n) is 9.98. The molecule has 1 aromatic heterocycles. The minimum absolute atomic E-state index is 0.448. The molecule has 1 N–H and O–H groups in total. The highest BCUT2D eigenvalue weighted by atomic mass is 16.5. The Labute approximate surface area is 172 Å². The van der Waals surface area contributed by atoms with E-state index >= 15 is 0 Å². The topological polar surface area (TPSA) is 68.2 Å². The van der Waals surface area contributed by atoms with Gasteiger partial charge in [0.05, 0.1) is 6.61 Å². The van der Waals surface area contributed by atoms with Crippen LogP contribution in [0.25, 0.3) is 0 Å². The fraction of sp³-hybridized carbons (Fsp3) is 0.455. The molecule has 1 saturated heterocycles. The van der Waals surface area contributed by atoms with Crippen LogP contribution in [0.1, 0.15) is 12.0 Å². The van der Waals surface area contributed by atoms with Gasteiger partial charge in [0.25, 0.3) is 0 Å². The Bertz CT molecular complexity index is 752. The van der Waals surface area contributed by atoms with Crippen LogP contribution in [0.3, 0.4) is 0 Å². The Morgan fingerprint density at radius 3 is 2.72 bits per heavy atom. The summed E-state index contributed by atoms with van der Waals surface area (Å²) >= 11 is 0. The summed E-state index contributed by atoms with van der Waals surface area (Å²) in [6, 6.07) is 13.6. The minimum atomic E-state index is 0.448. The van der Waals surface area contributed by atoms with Crippen molar-refractivity contribution < 1.29 is 14.2 Å². The van der Waals surface area contributed by atoms with Crippen molar-refractivity contribution in [1.29, 1.82) is 0 Å².